The van der Waals surface area contributed by atoms with Crippen LogP contribution in [0.1, 0.15) is 43.1 Å². The van der Waals surface area contributed by atoms with Crippen molar-refractivity contribution in [1.29, 1.82) is 0 Å². The molecule has 1 atom stereocenters. The van der Waals surface area contributed by atoms with Gasteiger partial charge in [0.25, 0.3) is 5.91 Å². The zero-order valence-corrected chi connectivity index (χ0v) is 19.9. The topological polar surface area (TPSA) is 89.7 Å². The third-order valence-electron chi connectivity index (χ3n) is 5.63. The van der Waals surface area contributed by atoms with Crippen LogP contribution in [0, 0.1) is 12.7 Å². The molecule has 1 aliphatic rings. The fraction of sp³-hybridized carbons (Fsp3) is 0.167. The number of thiazole rings is 1. The molecule has 0 bridgehead atoms. The smallest absolute Gasteiger partial charge is 0.350 e. The number of hydrogen-bond acceptors (Lipinski definition) is 8. The van der Waals surface area contributed by atoms with Crippen LogP contribution in [0.3, 0.4) is 0 Å². The Kier molecular flexibility index (Phi) is 5.49. The second kappa shape index (κ2) is 8.37. The molecule has 3 heterocycles. The number of nitrogens with zero attached hydrogens (tertiary/aromatic N) is 2. The van der Waals surface area contributed by atoms with Crippen molar-refractivity contribution in [3.63, 3.8) is 0 Å². The number of amides is 1. The van der Waals surface area contributed by atoms with Gasteiger partial charge in [-0.05, 0) is 49.1 Å². The number of anilines is 1. The number of ether oxygens (including phenoxy) is 1. The van der Waals surface area contributed by atoms with E-state index in [2.05, 4.69) is 4.98 Å². The highest BCUT2D eigenvalue weighted by Gasteiger charge is 2.45. The molecule has 0 saturated heterocycles. The van der Waals surface area contributed by atoms with Crippen molar-refractivity contribution >= 4 is 51.1 Å². The van der Waals surface area contributed by atoms with Crippen molar-refractivity contribution in [2.24, 2.45) is 0 Å². The summed E-state index contributed by atoms with van der Waals surface area (Å²) in [6.45, 7) is 1.64. The van der Waals surface area contributed by atoms with Crippen molar-refractivity contribution in [1.82, 2.24) is 4.98 Å². The number of carbonyl (C=O) groups excluding carboxylic acids is 2. The minimum Gasteiger partial charge on any atom is -0.465 e. The van der Waals surface area contributed by atoms with Crippen LogP contribution in [0.25, 0.3) is 11.0 Å². The van der Waals surface area contributed by atoms with Gasteiger partial charge in [0, 0.05) is 4.90 Å². The van der Waals surface area contributed by atoms with Crippen LogP contribution in [0.4, 0.5) is 9.52 Å². The molecule has 2 aromatic carbocycles. The summed E-state index contributed by atoms with van der Waals surface area (Å²) >= 11 is 2.55. The van der Waals surface area contributed by atoms with E-state index in [0.29, 0.717) is 11.3 Å². The van der Waals surface area contributed by atoms with Crippen LogP contribution in [0.15, 0.2) is 56.6 Å². The molecule has 1 amide bonds. The predicted octanol–water partition coefficient (Wildman–Crippen LogP) is 4.96. The van der Waals surface area contributed by atoms with E-state index in [4.69, 9.17) is 9.15 Å². The Morgan fingerprint density at radius 3 is 2.62 bits per heavy atom. The highest BCUT2D eigenvalue weighted by molar-refractivity contribution is 7.98. The van der Waals surface area contributed by atoms with Gasteiger partial charge in [-0.15, -0.1) is 11.8 Å². The standard InChI is InChI=1S/C24H17FN2O5S2/c1-11-21(23(30)31-2)34-24(26-11)27-18(12-4-7-14(33-3)8-5-12)17-19(28)15-10-13(25)6-9-16(15)32-20(17)22(27)29/h4-10,18H,1-3H3/t18-/m1/s1. The lowest BCUT2D eigenvalue weighted by molar-refractivity contribution is 0.0605. The van der Waals surface area contributed by atoms with Crippen LogP contribution in [-0.2, 0) is 4.74 Å². The van der Waals surface area contributed by atoms with Gasteiger partial charge in [0.2, 0.25) is 5.76 Å². The first kappa shape index (κ1) is 22.3. The summed E-state index contributed by atoms with van der Waals surface area (Å²) in [5.74, 6) is -1.85. The first-order chi connectivity index (χ1) is 16.3. The van der Waals surface area contributed by atoms with E-state index in [9.17, 15) is 18.8 Å². The average Bonchev–Trinajstić information content (AvgIpc) is 3.36. The maximum atomic E-state index is 13.9. The molecular formula is C24H17FN2O5S2. The second-order valence-corrected chi connectivity index (χ2v) is 9.43. The van der Waals surface area contributed by atoms with Gasteiger partial charge in [-0.2, -0.15) is 0 Å². The average molecular weight is 497 g/mol. The number of esters is 1. The van der Waals surface area contributed by atoms with Crippen molar-refractivity contribution < 1.29 is 23.1 Å². The number of carbonyl (C=O) groups is 2. The van der Waals surface area contributed by atoms with Gasteiger partial charge in [0.1, 0.15) is 16.3 Å². The van der Waals surface area contributed by atoms with Crippen LogP contribution in [-0.4, -0.2) is 30.2 Å². The minimum atomic E-state index is -0.863. The monoisotopic (exact) mass is 496 g/mol. The molecule has 0 fully saturated rings. The number of aromatic nitrogens is 1. The highest BCUT2D eigenvalue weighted by Crippen LogP contribution is 2.43. The maximum absolute atomic E-state index is 13.9. The lowest BCUT2D eigenvalue weighted by Gasteiger charge is -2.22. The van der Waals surface area contributed by atoms with Gasteiger partial charge in [0.15, 0.2) is 10.6 Å². The normalized spacial score (nSPS) is 15.1. The molecule has 0 aliphatic carbocycles. The summed E-state index contributed by atoms with van der Waals surface area (Å²) in [6.07, 6.45) is 1.94. The van der Waals surface area contributed by atoms with Gasteiger partial charge in [-0.25, -0.2) is 14.2 Å². The molecule has 0 radical (unpaired) electrons. The van der Waals surface area contributed by atoms with E-state index in [0.717, 1.165) is 22.3 Å². The van der Waals surface area contributed by atoms with Crippen LogP contribution in [0.2, 0.25) is 0 Å². The molecule has 0 spiro atoms. The Balaban J connectivity index is 1.77. The van der Waals surface area contributed by atoms with E-state index in [1.54, 1.807) is 18.7 Å². The van der Waals surface area contributed by atoms with Crippen molar-refractivity contribution in [3.8, 4) is 0 Å². The number of halogens is 1. The Morgan fingerprint density at radius 2 is 1.94 bits per heavy atom. The lowest BCUT2D eigenvalue weighted by atomic mass is 9.99. The lowest BCUT2D eigenvalue weighted by Crippen LogP contribution is -2.29. The Labute approximate surface area is 201 Å². The first-order valence-corrected chi connectivity index (χ1v) is 12.2. The fourth-order valence-corrected chi connectivity index (χ4v) is 5.43. The van der Waals surface area contributed by atoms with Crippen LogP contribution >= 0.6 is 23.1 Å². The van der Waals surface area contributed by atoms with E-state index in [-0.39, 0.29) is 32.3 Å². The third-order valence-corrected chi connectivity index (χ3v) is 7.51. The predicted molar refractivity (Wildman–Crippen MR) is 128 cm³/mol. The molecule has 0 N–H and O–H groups in total. The number of benzene rings is 2. The number of hydrogen-bond donors (Lipinski definition) is 0. The summed E-state index contributed by atoms with van der Waals surface area (Å²) in [5.41, 5.74) is 0.779. The molecule has 0 unspecified atom stereocenters. The molecular weight excluding hydrogens is 479 g/mol. The summed E-state index contributed by atoms with van der Waals surface area (Å²) < 4.78 is 24.6. The maximum Gasteiger partial charge on any atom is 0.350 e. The number of methoxy groups -OCH3 is 1. The largest absolute Gasteiger partial charge is 0.465 e. The van der Waals surface area contributed by atoms with Crippen LogP contribution in [0.5, 0.6) is 0 Å². The van der Waals surface area contributed by atoms with E-state index in [1.165, 1.54) is 24.1 Å². The van der Waals surface area contributed by atoms with E-state index < -0.39 is 29.2 Å². The molecule has 10 heteroatoms. The van der Waals surface area contributed by atoms with E-state index >= 15 is 0 Å². The Bertz CT molecular complexity index is 1530. The van der Waals surface area contributed by atoms with Crippen molar-refractivity contribution in [2.75, 3.05) is 18.3 Å². The van der Waals surface area contributed by atoms with Gasteiger partial charge in [-0.1, -0.05) is 23.5 Å². The fourth-order valence-electron chi connectivity index (χ4n) is 4.01. The van der Waals surface area contributed by atoms with Gasteiger partial charge in [-0.3, -0.25) is 14.5 Å². The van der Waals surface area contributed by atoms with Crippen molar-refractivity contribution in [3.05, 3.63) is 86.0 Å². The van der Waals surface area contributed by atoms with Gasteiger partial charge in [0.05, 0.1) is 29.8 Å². The molecule has 0 saturated carbocycles. The van der Waals surface area contributed by atoms with Crippen LogP contribution < -0.4 is 10.3 Å². The molecule has 4 aromatic rings. The summed E-state index contributed by atoms with van der Waals surface area (Å²) in [7, 11) is 1.27. The molecule has 1 aliphatic heterocycles. The molecule has 5 rings (SSSR count). The van der Waals surface area contributed by atoms with E-state index in [1.807, 2.05) is 30.5 Å². The SMILES string of the molecule is COC(=O)c1sc(N2C(=O)c3oc4ccc(F)cc4c(=O)c3[C@H]2c2ccc(SC)cc2)nc1C. The summed E-state index contributed by atoms with van der Waals surface area (Å²) in [6, 6.07) is 10.1. The van der Waals surface area contributed by atoms with Gasteiger partial charge >= 0.3 is 5.97 Å². The highest BCUT2D eigenvalue weighted by atomic mass is 32.2. The molecule has 7 nitrogen and oxygen atoms in total. The van der Waals surface area contributed by atoms with Crippen molar-refractivity contribution in [2.45, 2.75) is 17.9 Å². The zero-order valence-electron chi connectivity index (χ0n) is 18.2. The zero-order chi connectivity index (χ0) is 24.1. The summed E-state index contributed by atoms with van der Waals surface area (Å²) in [4.78, 5) is 46.3. The first-order valence-electron chi connectivity index (χ1n) is 10.1. The second-order valence-electron chi connectivity index (χ2n) is 7.57. The molecule has 172 valence electrons. The minimum absolute atomic E-state index is 0.0460. The molecule has 34 heavy (non-hydrogen) atoms. The summed E-state index contributed by atoms with van der Waals surface area (Å²) in [5, 5.41) is 0.271. The number of rotatable bonds is 4. The number of aryl methyl sites for hydroxylation is 1. The number of fused-ring (bicyclic) bond motifs is 2. The Hall–Kier alpha value is -3.50. The van der Waals surface area contributed by atoms with Gasteiger partial charge < -0.3 is 9.15 Å². The quantitative estimate of drug-likeness (QED) is 0.292. The molecule has 2 aromatic heterocycles. The number of thioether (sulfide) groups is 1. The Morgan fingerprint density at radius 1 is 1.21 bits per heavy atom. The third kappa shape index (κ3) is 3.41.